The van der Waals surface area contributed by atoms with E-state index in [1.54, 1.807) is 11.8 Å². The lowest BCUT2D eigenvalue weighted by Gasteiger charge is -2.08. The number of rotatable bonds is 4. The minimum absolute atomic E-state index is 0.0777. The van der Waals surface area contributed by atoms with Gasteiger partial charge in [0.2, 0.25) is 0 Å². The van der Waals surface area contributed by atoms with Crippen LogP contribution in [0.1, 0.15) is 24.1 Å². The summed E-state index contributed by atoms with van der Waals surface area (Å²) in [5.41, 5.74) is 8.33. The van der Waals surface area contributed by atoms with Crippen LogP contribution in [0.3, 0.4) is 0 Å². The van der Waals surface area contributed by atoms with Crippen molar-refractivity contribution in [3.05, 3.63) is 70.7 Å². The number of amidine groups is 1. The molecule has 104 valence electrons. The summed E-state index contributed by atoms with van der Waals surface area (Å²) < 4.78 is 0. The molecule has 0 radical (unpaired) electrons. The van der Waals surface area contributed by atoms with Crippen LogP contribution >= 0.6 is 23.4 Å². The zero-order chi connectivity index (χ0) is 14.4. The molecule has 4 heteroatoms. The fourth-order valence-electron chi connectivity index (χ4n) is 1.77. The topological polar surface area (TPSA) is 38.4 Å². The molecule has 2 aromatic carbocycles. The summed E-state index contributed by atoms with van der Waals surface area (Å²) in [6.45, 7) is 2.05. The highest BCUT2D eigenvalue weighted by Gasteiger charge is 2.04. The Morgan fingerprint density at radius 3 is 2.45 bits per heavy atom. The molecular weight excluding hydrogens is 288 g/mol. The molecule has 0 aliphatic rings. The molecule has 20 heavy (non-hydrogen) atoms. The molecule has 2 rings (SSSR count). The maximum Gasteiger partial charge on any atom is 0.154 e. The summed E-state index contributed by atoms with van der Waals surface area (Å²) in [6, 6.07) is 18.0. The average Bonchev–Trinajstić information content (AvgIpc) is 2.47. The largest absolute Gasteiger partial charge is 0.379 e. The fourth-order valence-corrected chi connectivity index (χ4v) is 2.64. The molecule has 0 saturated heterocycles. The van der Waals surface area contributed by atoms with Crippen molar-refractivity contribution in [2.24, 2.45) is 10.7 Å². The lowest BCUT2D eigenvalue weighted by molar-refractivity contribution is 0.822. The smallest absolute Gasteiger partial charge is 0.154 e. The summed E-state index contributed by atoms with van der Waals surface area (Å²) in [5.74, 6) is 0.800. The van der Waals surface area contributed by atoms with Gasteiger partial charge in [-0.1, -0.05) is 65.8 Å². The molecule has 1 atom stereocenters. The zero-order valence-electron chi connectivity index (χ0n) is 11.3. The summed E-state index contributed by atoms with van der Waals surface area (Å²) in [6.07, 6.45) is 0. The number of benzene rings is 2. The number of aliphatic imine (C=N–C) groups is 1. The van der Waals surface area contributed by atoms with Gasteiger partial charge < -0.3 is 5.73 Å². The third-order valence-corrected chi connectivity index (χ3v) is 4.03. The second kappa shape index (κ2) is 7.36. The minimum Gasteiger partial charge on any atom is -0.379 e. The molecule has 2 nitrogen and oxygen atoms in total. The van der Waals surface area contributed by atoms with Gasteiger partial charge in [-0.2, -0.15) is 0 Å². The van der Waals surface area contributed by atoms with Gasteiger partial charge >= 0.3 is 0 Å². The lowest BCUT2D eigenvalue weighted by Crippen LogP contribution is -2.08. The molecule has 0 bridgehead atoms. The Balaban J connectivity index is 1.92. The summed E-state index contributed by atoms with van der Waals surface area (Å²) >= 11 is 7.40. The first kappa shape index (κ1) is 14.9. The first-order valence-electron chi connectivity index (χ1n) is 6.40. The van der Waals surface area contributed by atoms with Gasteiger partial charge in [0, 0.05) is 10.8 Å². The van der Waals surface area contributed by atoms with Crippen molar-refractivity contribution in [3.63, 3.8) is 0 Å². The highest BCUT2D eigenvalue weighted by Crippen LogP contribution is 2.19. The maximum atomic E-state index is 5.98. The van der Waals surface area contributed by atoms with Crippen molar-refractivity contribution in [1.29, 1.82) is 0 Å². The molecule has 0 unspecified atom stereocenters. The molecule has 0 spiro atoms. The van der Waals surface area contributed by atoms with Crippen LogP contribution in [0.2, 0.25) is 5.02 Å². The second-order valence-electron chi connectivity index (χ2n) is 4.47. The van der Waals surface area contributed by atoms with Gasteiger partial charge in [0.1, 0.15) is 0 Å². The molecule has 0 aliphatic carbocycles. The lowest BCUT2D eigenvalue weighted by atomic mass is 10.1. The third kappa shape index (κ3) is 4.58. The molecule has 0 amide bonds. The van der Waals surface area contributed by atoms with Crippen LogP contribution in [0.15, 0.2) is 59.6 Å². The van der Waals surface area contributed by atoms with Crippen LogP contribution in [0, 0.1) is 0 Å². The highest BCUT2D eigenvalue weighted by atomic mass is 35.5. The summed E-state index contributed by atoms with van der Waals surface area (Å²) in [7, 11) is 0. The van der Waals surface area contributed by atoms with Gasteiger partial charge in [-0.3, -0.25) is 4.99 Å². The van der Waals surface area contributed by atoms with Crippen LogP contribution in [0.4, 0.5) is 0 Å². The van der Waals surface area contributed by atoms with Gasteiger partial charge in [0.05, 0.1) is 6.04 Å². The third-order valence-electron chi connectivity index (χ3n) is 2.90. The SMILES string of the molecule is C[C@H](N=C(N)SCc1ccc(Cl)cc1)c1ccccc1. The van der Waals surface area contributed by atoms with Crippen molar-refractivity contribution >= 4 is 28.5 Å². The van der Waals surface area contributed by atoms with Crippen molar-refractivity contribution in [2.75, 3.05) is 0 Å². The molecule has 0 aromatic heterocycles. The van der Waals surface area contributed by atoms with E-state index in [4.69, 9.17) is 17.3 Å². The Hall–Kier alpha value is -1.45. The molecule has 2 N–H and O–H groups in total. The Bertz CT molecular complexity index is 567. The number of nitrogens with two attached hydrogens (primary N) is 1. The molecule has 0 fully saturated rings. The van der Waals surface area contributed by atoms with Crippen LogP contribution in [-0.2, 0) is 5.75 Å². The van der Waals surface area contributed by atoms with E-state index >= 15 is 0 Å². The van der Waals surface area contributed by atoms with Crippen LogP contribution < -0.4 is 5.73 Å². The van der Waals surface area contributed by atoms with Crippen LogP contribution in [0.5, 0.6) is 0 Å². The Kier molecular flexibility index (Phi) is 5.50. The van der Waals surface area contributed by atoms with E-state index in [2.05, 4.69) is 17.1 Å². The van der Waals surface area contributed by atoms with E-state index in [-0.39, 0.29) is 6.04 Å². The van der Waals surface area contributed by atoms with Crippen molar-refractivity contribution < 1.29 is 0 Å². The van der Waals surface area contributed by atoms with Crippen molar-refractivity contribution in [2.45, 2.75) is 18.7 Å². The van der Waals surface area contributed by atoms with Gasteiger partial charge in [-0.25, -0.2) is 0 Å². The quantitative estimate of drug-likeness (QED) is 0.659. The minimum atomic E-state index is 0.0777. The van der Waals surface area contributed by atoms with Gasteiger partial charge in [0.25, 0.3) is 0 Å². The fraction of sp³-hybridized carbons (Fsp3) is 0.188. The first-order valence-corrected chi connectivity index (χ1v) is 7.77. The molecule has 0 aliphatic heterocycles. The second-order valence-corrected chi connectivity index (χ2v) is 5.90. The molecule has 2 aromatic rings. The van der Waals surface area contributed by atoms with Gasteiger partial charge in [0.15, 0.2) is 5.17 Å². The average molecular weight is 305 g/mol. The Morgan fingerprint density at radius 1 is 1.15 bits per heavy atom. The van der Waals surface area contributed by atoms with Gasteiger partial charge in [-0.15, -0.1) is 0 Å². The number of hydrogen-bond donors (Lipinski definition) is 1. The molecule has 0 heterocycles. The Labute approximate surface area is 129 Å². The van der Waals surface area contributed by atoms with E-state index in [1.807, 2.05) is 49.4 Å². The number of halogens is 1. The Morgan fingerprint density at radius 2 is 1.80 bits per heavy atom. The predicted octanol–water partition coefficient (Wildman–Crippen LogP) is 4.65. The van der Waals surface area contributed by atoms with E-state index in [9.17, 15) is 0 Å². The number of nitrogens with zero attached hydrogens (tertiary/aromatic N) is 1. The van der Waals surface area contributed by atoms with Crippen LogP contribution in [0.25, 0.3) is 0 Å². The van der Waals surface area contributed by atoms with E-state index in [0.29, 0.717) is 5.17 Å². The summed E-state index contributed by atoms with van der Waals surface area (Å²) in [4.78, 5) is 4.51. The standard InChI is InChI=1S/C16H17ClN2S/c1-12(14-5-3-2-4-6-14)19-16(18)20-11-13-7-9-15(17)10-8-13/h2-10,12H,11H2,1H3,(H2,18,19)/t12-/m0/s1. The van der Waals surface area contributed by atoms with Crippen LogP contribution in [-0.4, -0.2) is 5.17 Å². The normalized spacial score (nSPS) is 13.2. The number of hydrogen-bond acceptors (Lipinski definition) is 2. The highest BCUT2D eigenvalue weighted by molar-refractivity contribution is 8.13. The van der Waals surface area contributed by atoms with E-state index in [1.165, 1.54) is 11.1 Å². The molecule has 0 saturated carbocycles. The van der Waals surface area contributed by atoms with Crippen molar-refractivity contribution in [1.82, 2.24) is 0 Å². The van der Waals surface area contributed by atoms with E-state index < -0.39 is 0 Å². The zero-order valence-corrected chi connectivity index (χ0v) is 12.9. The first-order chi connectivity index (χ1) is 9.65. The number of thioether (sulfide) groups is 1. The molecular formula is C16H17ClN2S. The summed E-state index contributed by atoms with van der Waals surface area (Å²) in [5, 5.41) is 1.36. The van der Waals surface area contributed by atoms with Gasteiger partial charge in [-0.05, 0) is 30.2 Å². The van der Waals surface area contributed by atoms with E-state index in [0.717, 1.165) is 10.8 Å². The maximum absolute atomic E-state index is 5.98. The van der Waals surface area contributed by atoms with Crippen molar-refractivity contribution in [3.8, 4) is 0 Å². The predicted molar refractivity (Wildman–Crippen MR) is 89.2 cm³/mol. The monoisotopic (exact) mass is 304 g/mol.